The summed E-state index contributed by atoms with van der Waals surface area (Å²) in [6.45, 7) is 0.199. The van der Waals surface area contributed by atoms with Gasteiger partial charge in [0.2, 0.25) is 0 Å². The summed E-state index contributed by atoms with van der Waals surface area (Å²) in [7, 11) is 1.57. The molecule has 0 heterocycles. The first kappa shape index (κ1) is 11.4. The zero-order chi connectivity index (χ0) is 11.4. The number of hydrogen-bond donors (Lipinski definition) is 1. The van der Waals surface area contributed by atoms with E-state index >= 15 is 0 Å². The van der Waals surface area contributed by atoms with Gasteiger partial charge in [-0.2, -0.15) is 0 Å². The number of carbonyl (C=O) groups is 1. The minimum atomic E-state index is -0.311. The van der Waals surface area contributed by atoms with Gasteiger partial charge in [-0.15, -0.1) is 6.42 Å². The van der Waals surface area contributed by atoms with Gasteiger partial charge >= 0.3 is 0 Å². The van der Waals surface area contributed by atoms with Crippen molar-refractivity contribution in [1.82, 2.24) is 4.90 Å². The van der Waals surface area contributed by atoms with Crippen molar-refractivity contribution < 1.29 is 9.90 Å². The van der Waals surface area contributed by atoms with Gasteiger partial charge in [0.15, 0.2) is 0 Å². The molecule has 0 atom stereocenters. The molecule has 78 valence electrons. The predicted molar refractivity (Wildman–Crippen MR) is 58.9 cm³/mol. The van der Waals surface area contributed by atoms with Crippen LogP contribution in [0.5, 0.6) is 5.75 Å². The normalized spacial score (nSPS) is 9.40. The van der Waals surface area contributed by atoms with Crippen LogP contribution in [0.4, 0.5) is 0 Å². The number of carbonyl (C=O) groups excluding carboxylic acids is 1. The van der Waals surface area contributed by atoms with Crippen molar-refractivity contribution in [3.63, 3.8) is 0 Å². The number of phenols is 1. The van der Waals surface area contributed by atoms with Crippen LogP contribution in [0.15, 0.2) is 18.2 Å². The Morgan fingerprint density at radius 1 is 1.67 bits per heavy atom. The Labute approximate surface area is 93.3 Å². The molecule has 3 nitrogen and oxygen atoms in total. The van der Waals surface area contributed by atoms with Crippen LogP contribution in [0.1, 0.15) is 10.4 Å². The lowest BCUT2D eigenvalue weighted by molar-refractivity contribution is 0.0812. The summed E-state index contributed by atoms with van der Waals surface area (Å²) < 4.78 is 0. The van der Waals surface area contributed by atoms with E-state index in [0.29, 0.717) is 5.02 Å². The maximum absolute atomic E-state index is 11.7. The Hall–Kier alpha value is -1.66. The lowest BCUT2D eigenvalue weighted by atomic mass is 10.2. The van der Waals surface area contributed by atoms with Crippen LogP contribution in [0.2, 0.25) is 5.02 Å². The van der Waals surface area contributed by atoms with Gasteiger partial charge in [-0.3, -0.25) is 4.79 Å². The van der Waals surface area contributed by atoms with E-state index < -0.39 is 0 Å². The van der Waals surface area contributed by atoms with Crippen LogP contribution in [-0.2, 0) is 0 Å². The molecule has 0 radical (unpaired) electrons. The van der Waals surface area contributed by atoms with Crippen LogP contribution in [-0.4, -0.2) is 29.5 Å². The zero-order valence-electron chi connectivity index (χ0n) is 8.20. The summed E-state index contributed by atoms with van der Waals surface area (Å²) in [5.41, 5.74) is 0.245. The molecule has 0 unspecified atom stereocenters. The van der Waals surface area contributed by atoms with Crippen molar-refractivity contribution >= 4 is 17.5 Å². The molecule has 0 fully saturated rings. The number of benzene rings is 1. The fourth-order valence-electron chi connectivity index (χ4n) is 1.09. The molecule has 0 saturated carbocycles. The van der Waals surface area contributed by atoms with E-state index in [9.17, 15) is 9.90 Å². The van der Waals surface area contributed by atoms with Crippen molar-refractivity contribution in [3.05, 3.63) is 28.8 Å². The molecule has 0 aliphatic carbocycles. The second-order valence-corrected chi connectivity index (χ2v) is 3.44. The average Bonchev–Trinajstić information content (AvgIpc) is 2.21. The SMILES string of the molecule is C#CCN(C)C(=O)c1cc(O)ccc1Cl. The highest BCUT2D eigenvalue weighted by Crippen LogP contribution is 2.22. The smallest absolute Gasteiger partial charge is 0.256 e. The molecule has 0 spiro atoms. The third-order valence-electron chi connectivity index (χ3n) is 1.86. The van der Waals surface area contributed by atoms with Crippen LogP contribution in [0.25, 0.3) is 0 Å². The number of amides is 1. The number of rotatable bonds is 2. The molecule has 1 aromatic carbocycles. The van der Waals surface area contributed by atoms with Crippen LogP contribution < -0.4 is 0 Å². The van der Waals surface area contributed by atoms with Gasteiger partial charge in [-0.05, 0) is 18.2 Å². The van der Waals surface area contributed by atoms with Crippen LogP contribution in [0.3, 0.4) is 0 Å². The first-order valence-corrected chi connectivity index (χ1v) is 4.61. The van der Waals surface area contributed by atoms with Gasteiger partial charge in [-0.1, -0.05) is 17.5 Å². The minimum absolute atomic E-state index is 0.00291. The first-order valence-electron chi connectivity index (χ1n) is 4.23. The Balaban J connectivity index is 3.01. The minimum Gasteiger partial charge on any atom is -0.508 e. The Kier molecular flexibility index (Phi) is 3.59. The van der Waals surface area contributed by atoms with E-state index in [1.807, 2.05) is 0 Å². The molecule has 0 saturated heterocycles. The molecule has 1 rings (SSSR count). The number of aromatic hydroxyl groups is 1. The molecular weight excluding hydrogens is 214 g/mol. The number of hydrogen-bond acceptors (Lipinski definition) is 2. The molecule has 0 aliphatic rings. The fraction of sp³-hybridized carbons (Fsp3) is 0.182. The second kappa shape index (κ2) is 4.72. The van der Waals surface area contributed by atoms with E-state index in [2.05, 4.69) is 5.92 Å². The molecule has 0 aliphatic heterocycles. The Bertz CT molecular complexity index is 423. The van der Waals surface area contributed by atoms with E-state index in [0.717, 1.165) is 0 Å². The van der Waals surface area contributed by atoms with Gasteiger partial charge < -0.3 is 10.0 Å². The molecule has 0 bridgehead atoms. The molecule has 15 heavy (non-hydrogen) atoms. The van der Waals surface area contributed by atoms with Gasteiger partial charge in [0.05, 0.1) is 17.1 Å². The quantitative estimate of drug-likeness (QED) is 0.776. The van der Waals surface area contributed by atoms with Crippen molar-refractivity contribution in [2.75, 3.05) is 13.6 Å². The summed E-state index contributed by atoms with van der Waals surface area (Å²) in [5.74, 6) is 2.04. The summed E-state index contributed by atoms with van der Waals surface area (Å²) >= 11 is 5.83. The fourth-order valence-corrected chi connectivity index (χ4v) is 1.29. The molecule has 1 N–H and O–H groups in total. The number of halogens is 1. The molecule has 1 amide bonds. The Morgan fingerprint density at radius 2 is 2.33 bits per heavy atom. The predicted octanol–water partition coefficient (Wildman–Crippen LogP) is 1.75. The second-order valence-electron chi connectivity index (χ2n) is 3.03. The third-order valence-corrected chi connectivity index (χ3v) is 2.19. The standard InChI is InChI=1S/C11H10ClNO2/c1-3-6-13(2)11(15)9-7-8(14)4-5-10(9)12/h1,4-5,7,14H,6H2,2H3. The Morgan fingerprint density at radius 3 is 2.93 bits per heavy atom. The highest BCUT2D eigenvalue weighted by atomic mass is 35.5. The highest BCUT2D eigenvalue weighted by molar-refractivity contribution is 6.33. The molecule has 1 aromatic rings. The van der Waals surface area contributed by atoms with Crippen LogP contribution in [0, 0.1) is 12.3 Å². The average molecular weight is 224 g/mol. The van der Waals surface area contributed by atoms with Crippen molar-refractivity contribution in [2.24, 2.45) is 0 Å². The van der Waals surface area contributed by atoms with Gasteiger partial charge in [0.1, 0.15) is 5.75 Å². The maximum atomic E-state index is 11.7. The highest BCUT2D eigenvalue weighted by Gasteiger charge is 2.14. The van der Waals surface area contributed by atoms with E-state index in [1.165, 1.54) is 23.1 Å². The monoisotopic (exact) mass is 223 g/mol. The maximum Gasteiger partial charge on any atom is 0.256 e. The summed E-state index contributed by atoms with van der Waals surface area (Å²) in [6.07, 6.45) is 5.09. The number of terminal acetylenes is 1. The third kappa shape index (κ3) is 2.64. The largest absolute Gasteiger partial charge is 0.508 e. The van der Waals surface area contributed by atoms with Crippen molar-refractivity contribution in [3.8, 4) is 18.1 Å². The zero-order valence-corrected chi connectivity index (χ0v) is 8.95. The van der Waals surface area contributed by atoms with Crippen molar-refractivity contribution in [2.45, 2.75) is 0 Å². The van der Waals surface area contributed by atoms with E-state index in [4.69, 9.17) is 18.0 Å². The molecule has 0 aromatic heterocycles. The summed E-state index contributed by atoms with van der Waals surface area (Å²) in [4.78, 5) is 13.1. The topological polar surface area (TPSA) is 40.5 Å². The lowest BCUT2D eigenvalue weighted by Gasteiger charge is -2.14. The van der Waals surface area contributed by atoms with Gasteiger partial charge in [-0.25, -0.2) is 0 Å². The number of phenolic OH excluding ortho intramolecular Hbond substituents is 1. The summed E-state index contributed by atoms with van der Waals surface area (Å²) in [5, 5.41) is 9.52. The number of nitrogens with zero attached hydrogens (tertiary/aromatic N) is 1. The van der Waals surface area contributed by atoms with E-state index in [1.54, 1.807) is 7.05 Å². The van der Waals surface area contributed by atoms with Crippen molar-refractivity contribution in [1.29, 1.82) is 0 Å². The molecular formula is C11H10ClNO2. The first-order chi connectivity index (χ1) is 7.06. The van der Waals surface area contributed by atoms with Gasteiger partial charge in [0.25, 0.3) is 5.91 Å². The van der Waals surface area contributed by atoms with E-state index in [-0.39, 0.29) is 23.8 Å². The van der Waals surface area contributed by atoms with Crippen LogP contribution >= 0.6 is 11.6 Å². The summed E-state index contributed by atoms with van der Waals surface area (Å²) in [6, 6.07) is 4.20. The lowest BCUT2D eigenvalue weighted by Crippen LogP contribution is -2.27. The van der Waals surface area contributed by atoms with Gasteiger partial charge in [0, 0.05) is 7.05 Å². The molecule has 4 heteroatoms.